The van der Waals surface area contributed by atoms with Gasteiger partial charge in [0.2, 0.25) is 0 Å². The van der Waals surface area contributed by atoms with Gasteiger partial charge in [-0.2, -0.15) is 0 Å². The molecule has 2 aliphatic rings. The zero-order chi connectivity index (χ0) is 18.8. The Morgan fingerprint density at radius 3 is 2.81 bits per heavy atom. The lowest BCUT2D eigenvalue weighted by Crippen LogP contribution is -2.21. The quantitative estimate of drug-likeness (QED) is 0.591. The molecule has 0 saturated carbocycles. The number of hydrogen-bond acceptors (Lipinski definition) is 6. The largest absolute Gasteiger partial charge is 0.507 e. The van der Waals surface area contributed by atoms with Crippen LogP contribution in [0.25, 0.3) is 0 Å². The van der Waals surface area contributed by atoms with Crippen molar-refractivity contribution in [2.45, 2.75) is 38.9 Å². The van der Waals surface area contributed by atoms with Crippen molar-refractivity contribution >= 4 is 11.9 Å². The van der Waals surface area contributed by atoms with Gasteiger partial charge in [-0.3, -0.25) is 4.79 Å². The third-order valence-electron chi connectivity index (χ3n) is 4.95. The third-order valence-corrected chi connectivity index (χ3v) is 4.95. The number of ether oxygens (including phenoxy) is 3. The Kier molecular flexibility index (Phi) is 5.18. The fourth-order valence-electron chi connectivity index (χ4n) is 3.66. The van der Waals surface area contributed by atoms with E-state index in [4.69, 9.17) is 14.2 Å². The number of allylic oxidation sites excluding steroid dienone is 1. The van der Waals surface area contributed by atoms with Crippen LogP contribution in [0.2, 0.25) is 0 Å². The first-order valence-electron chi connectivity index (χ1n) is 8.61. The molecule has 2 heterocycles. The highest BCUT2D eigenvalue weighted by atomic mass is 16.5. The number of rotatable bonds is 6. The first-order valence-corrected chi connectivity index (χ1v) is 8.61. The number of fused-ring (bicyclic) bond motifs is 1. The summed E-state index contributed by atoms with van der Waals surface area (Å²) in [6.07, 6.45) is 4.34. The van der Waals surface area contributed by atoms with Crippen molar-refractivity contribution in [3.05, 3.63) is 34.4 Å². The molecule has 1 aromatic rings. The molecule has 0 amide bonds. The maximum absolute atomic E-state index is 12.0. The van der Waals surface area contributed by atoms with Gasteiger partial charge in [0.15, 0.2) is 0 Å². The van der Waals surface area contributed by atoms with E-state index >= 15 is 0 Å². The summed E-state index contributed by atoms with van der Waals surface area (Å²) >= 11 is 0. The van der Waals surface area contributed by atoms with Crippen LogP contribution in [0.1, 0.15) is 40.4 Å². The van der Waals surface area contributed by atoms with Gasteiger partial charge in [0.1, 0.15) is 23.7 Å². The Labute approximate surface area is 151 Å². The van der Waals surface area contributed by atoms with Crippen LogP contribution in [-0.2, 0) is 33.7 Å². The molecule has 7 heteroatoms. The van der Waals surface area contributed by atoms with E-state index in [0.29, 0.717) is 36.3 Å². The van der Waals surface area contributed by atoms with E-state index in [0.717, 1.165) is 5.56 Å². The number of phenolic OH excluding ortho intramolecular Hbond substituents is 1. The average molecular weight is 362 g/mol. The van der Waals surface area contributed by atoms with Crippen LogP contribution >= 0.6 is 0 Å². The van der Waals surface area contributed by atoms with Gasteiger partial charge in [0.25, 0.3) is 0 Å². The Balaban J connectivity index is 1.92. The van der Waals surface area contributed by atoms with Crippen LogP contribution in [0.15, 0.2) is 12.2 Å². The molecule has 0 aliphatic carbocycles. The molecule has 0 spiro atoms. The van der Waals surface area contributed by atoms with E-state index in [1.807, 2.05) is 6.92 Å². The topological polar surface area (TPSA) is 102 Å². The molecule has 2 aliphatic heterocycles. The minimum absolute atomic E-state index is 0.133. The molecular formula is C19H22O7. The monoisotopic (exact) mass is 362 g/mol. The van der Waals surface area contributed by atoms with E-state index in [1.165, 1.54) is 7.11 Å². The van der Waals surface area contributed by atoms with E-state index in [2.05, 4.69) is 0 Å². The number of carboxylic acids is 1. The summed E-state index contributed by atoms with van der Waals surface area (Å²) < 4.78 is 16.0. The van der Waals surface area contributed by atoms with Crippen molar-refractivity contribution in [1.29, 1.82) is 0 Å². The molecule has 0 bridgehead atoms. The highest BCUT2D eigenvalue weighted by Crippen LogP contribution is 2.42. The van der Waals surface area contributed by atoms with E-state index in [9.17, 15) is 19.8 Å². The maximum Gasteiger partial charge on any atom is 0.342 e. The molecule has 1 aromatic carbocycles. The van der Waals surface area contributed by atoms with Crippen LogP contribution in [-0.4, -0.2) is 42.0 Å². The second-order valence-electron chi connectivity index (χ2n) is 6.32. The van der Waals surface area contributed by atoms with Crippen LogP contribution in [0.5, 0.6) is 11.5 Å². The van der Waals surface area contributed by atoms with Gasteiger partial charge in [-0.1, -0.05) is 19.1 Å². The summed E-state index contributed by atoms with van der Waals surface area (Å²) in [6.45, 7) is 2.49. The predicted molar refractivity (Wildman–Crippen MR) is 91.5 cm³/mol. The number of esters is 1. The highest BCUT2D eigenvalue weighted by molar-refractivity contribution is 5.98. The molecule has 1 saturated heterocycles. The van der Waals surface area contributed by atoms with E-state index in [1.54, 1.807) is 12.2 Å². The van der Waals surface area contributed by atoms with Gasteiger partial charge in [0.05, 0.1) is 19.1 Å². The lowest BCUT2D eigenvalue weighted by molar-refractivity contribution is -0.142. The highest BCUT2D eigenvalue weighted by Gasteiger charge is 2.34. The first kappa shape index (κ1) is 18.3. The van der Waals surface area contributed by atoms with Crippen molar-refractivity contribution in [3.8, 4) is 11.5 Å². The zero-order valence-corrected chi connectivity index (χ0v) is 14.8. The van der Waals surface area contributed by atoms with E-state index in [-0.39, 0.29) is 24.3 Å². The summed E-state index contributed by atoms with van der Waals surface area (Å²) in [5, 5.41) is 19.8. The van der Waals surface area contributed by atoms with Crippen molar-refractivity contribution < 1.29 is 34.0 Å². The number of phenols is 1. The van der Waals surface area contributed by atoms with Crippen molar-refractivity contribution in [2.24, 2.45) is 5.92 Å². The number of aromatic hydroxyl groups is 1. The Morgan fingerprint density at radius 1 is 1.38 bits per heavy atom. The summed E-state index contributed by atoms with van der Waals surface area (Å²) in [5.41, 5.74) is 2.20. The average Bonchev–Trinajstić information content (AvgIpc) is 3.23. The zero-order valence-electron chi connectivity index (χ0n) is 14.8. The standard InChI is InChI=1S/C19H22O7/c1-3-10-13-9-26-19(23)15(13)16(20)12(17(10)24-2)5-4-6-14-11(18(21)22)7-8-25-14/h4,6,11,14,20H,3,5,7-9H2,1-2H3,(H,21,22)/b6-4+. The fraction of sp³-hybridized carbons (Fsp3) is 0.474. The molecule has 2 unspecified atom stereocenters. The number of carboxylic acid groups (broad SMARTS) is 1. The Bertz CT molecular complexity index is 766. The maximum atomic E-state index is 12.0. The molecule has 7 nitrogen and oxygen atoms in total. The molecule has 1 fully saturated rings. The number of aliphatic carboxylic acids is 1. The Morgan fingerprint density at radius 2 is 2.15 bits per heavy atom. The normalized spacial score (nSPS) is 21.8. The van der Waals surface area contributed by atoms with Gasteiger partial charge in [-0.15, -0.1) is 0 Å². The van der Waals surface area contributed by atoms with Crippen LogP contribution in [0.4, 0.5) is 0 Å². The fourth-order valence-corrected chi connectivity index (χ4v) is 3.66. The molecule has 3 rings (SSSR count). The SMILES string of the molecule is CCc1c2c(c(O)c(C/C=C/C3OCCC3C(=O)O)c1OC)C(=O)OC2. The minimum atomic E-state index is -0.883. The number of methoxy groups -OCH3 is 1. The molecule has 0 radical (unpaired) electrons. The van der Waals surface area contributed by atoms with Crippen LogP contribution in [0, 0.1) is 5.92 Å². The van der Waals surface area contributed by atoms with Gasteiger partial charge in [-0.05, 0) is 19.3 Å². The van der Waals surface area contributed by atoms with Crippen molar-refractivity contribution in [3.63, 3.8) is 0 Å². The summed E-state index contributed by atoms with van der Waals surface area (Å²) in [7, 11) is 1.52. The van der Waals surface area contributed by atoms with Gasteiger partial charge in [0, 0.05) is 23.3 Å². The third kappa shape index (κ3) is 3.03. The molecule has 140 valence electrons. The lowest BCUT2D eigenvalue weighted by atomic mass is 9.93. The molecular weight excluding hydrogens is 340 g/mol. The second-order valence-corrected chi connectivity index (χ2v) is 6.32. The van der Waals surface area contributed by atoms with Gasteiger partial charge in [-0.25, -0.2) is 4.79 Å². The number of carbonyl (C=O) groups is 2. The van der Waals surface area contributed by atoms with E-state index < -0.39 is 24.0 Å². The Hall–Kier alpha value is -2.54. The number of cyclic esters (lactones) is 1. The smallest absolute Gasteiger partial charge is 0.342 e. The molecule has 2 N–H and O–H groups in total. The van der Waals surface area contributed by atoms with Crippen LogP contribution < -0.4 is 4.74 Å². The number of benzene rings is 1. The van der Waals surface area contributed by atoms with Crippen LogP contribution in [0.3, 0.4) is 0 Å². The minimum Gasteiger partial charge on any atom is -0.507 e. The summed E-state index contributed by atoms with van der Waals surface area (Å²) in [6, 6.07) is 0. The second kappa shape index (κ2) is 7.37. The summed E-state index contributed by atoms with van der Waals surface area (Å²) in [5.74, 6) is -1.59. The summed E-state index contributed by atoms with van der Waals surface area (Å²) in [4.78, 5) is 23.2. The molecule has 26 heavy (non-hydrogen) atoms. The first-order chi connectivity index (χ1) is 12.5. The number of hydrogen-bond donors (Lipinski definition) is 2. The van der Waals surface area contributed by atoms with Gasteiger partial charge < -0.3 is 24.4 Å². The van der Waals surface area contributed by atoms with Gasteiger partial charge >= 0.3 is 11.9 Å². The molecule has 0 aromatic heterocycles. The van der Waals surface area contributed by atoms with Crippen molar-refractivity contribution in [1.82, 2.24) is 0 Å². The predicted octanol–water partition coefficient (Wildman–Crippen LogP) is 2.22. The van der Waals surface area contributed by atoms with Crippen molar-refractivity contribution in [2.75, 3.05) is 13.7 Å². The number of carbonyl (C=O) groups excluding carboxylic acids is 1. The lowest BCUT2D eigenvalue weighted by Gasteiger charge is -2.17. The molecule has 2 atom stereocenters.